The lowest BCUT2D eigenvalue weighted by molar-refractivity contribution is -0.531. The Morgan fingerprint density at radius 3 is 2.40 bits per heavy atom. The number of aromatic hydroxyl groups is 2. The molecule has 0 aromatic heterocycles. The van der Waals surface area contributed by atoms with Crippen LogP contribution in [0.15, 0.2) is 18.2 Å². The van der Waals surface area contributed by atoms with Gasteiger partial charge in [-0.2, -0.15) is 0 Å². The van der Waals surface area contributed by atoms with Crippen LogP contribution >= 0.6 is 0 Å². The highest BCUT2D eigenvalue weighted by molar-refractivity contribution is 5.41. The summed E-state index contributed by atoms with van der Waals surface area (Å²) in [7, 11) is 0. The fraction of sp³-hybridized carbons (Fsp3) is 0.333. The van der Waals surface area contributed by atoms with Crippen molar-refractivity contribution in [1.82, 2.24) is 0 Å². The van der Waals surface area contributed by atoms with Gasteiger partial charge in [-0.05, 0) is 17.7 Å². The van der Waals surface area contributed by atoms with Crippen LogP contribution in [0, 0.1) is 10.1 Å². The van der Waals surface area contributed by atoms with Crippen LogP contribution in [0.1, 0.15) is 18.6 Å². The second-order valence-electron chi connectivity index (χ2n) is 3.22. The molecule has 0 aliphatic carbocycles. The van der Waals surface area contributed by atoms with Gasteiger partial charge in [0, 0.05) is 11.8 Å². The molecule has 1 aromatic carbocycles. The number of rotatable bonds is 3. The van der Waals surface area contributed by atoms with Gasteiger partial charge in [0.2, 0.25) is 6.04 Å². The lowest BCUT2D eigenvalue weighted by Gasteiger charge is -2.12. The summed E-state index contributed by atoms with van der Waals surface area (Å²) in [5.41, 5.74) is 0.189. The molecular formula is C9H11NO5. The van der Waals surface area contributed by atoms with Crippen molar-refractivity contribution >= 4 is 0 Å². The summed E-state index contributed by atoms with van der Waals surface area (Å²) < 4.78 is 0. The van der Waals surface area contributed by atoms with Crippen LogP contribution in [-0.2, 0) is 0 Å². The maximum atomic E-state index is 10.4. The number of phenolic OH excluding ortho intramolecular Hbond substituents is 2. The summed E-state index contributed by atoms with van der Waals surface area (Å²) in [5.74, 6) is -0.748. The summed E-state index contributed by atoms with van der Waals surface area (Å²) >= 11 is 0. The zero-order valence-corrected chi connectivity index (χ0v) is 7.99. The smallest absolute Gasteiger partial charge is 0.239 e. The number of aliphatic hydroxyl groups excluding tert-OH is 1. The van der Waals surface area contributed by atoms with E-state index in [2.05, 4.69) is 0 Å². The van der Waals surface area contributed by atoms with Gasteiger partial charge in [-0.15, -0.1) is 0 Å². The highest BCUT2D eigenvalue weighted by Gasteiger charge is 2.26. The molecule has 3 N–H and O–H groups in total. The Kier molecular flexibility index (Phi) is 3.11. The van der Waals surface area contributed by atoms with E-state index >= 15 is 0 Å². The Bertz CT molecular complexity index is 379. The normalized spacial score (nSPS) is 14.5. The summed E-state index contributed by atoms with van der Waals surface area (Å²) in [4.78, 5) is 9.78. The monoisotopic (exact) mass is 213 g/mol. The summed E-state index contributed by atoms with van der Waals surface area (Å²) in [6, 6.07) is 2.41. The van der Waals surface area contributed by atoms with Crippen molar-refractivity contribution in [3.05, 3.63) is 33.9 Å². The Balaban J connectivity index is 2.96. The zero-order valence-electron chi connectivity index (χ0n) is 7.99. The van der Waals surface area contributed by atoms with E-state index in [1.165, 1.54) is 19.1 Å². The average Bonchev–Trinajstić information content (AvgIpc) is 2.19. The standard InChI is InChI=1S/C9H11NO5/c1-5(10(14)15)9(13)6-2-3-7(11)8(12)4-6/h2-5,9,11-13H,1H3. The molecule has 0 aliphatic heterocycles. The molecule has 2 unspecified atom stereocenters. The largest absolute Gasteiger partial charge is 0.504 e. The zero-order chi connectivity index (χ0) is 11.6. The second kappa shape index (κ2) is 4.14. The molecule has 82 valence electrons. The molecule has 0 spiro atoms. The van der Waals surface area contributed by atoms with Crippen LogP contribution in [0.3, 0.4) is 0 Å². The van der Waals surface area contributed by atoms with Gasteiger partial charge < -0.3 is 15.3 Å². The highest BCUT2D eigenvalue weighted by Crippen LogP contribution is 2.29. The van der Waals surface area contributed by atoms with E-state index in [9.17, 15) is 15.2 Å². The van der Waals surface area contributed by atoms with Crippen LogP contribution in [0.25, 0.3) is 0 Å². The van der Waals surface area contributed by atoms with Crippen LogP contribution in [-0.4, -0.2) is 26.3 Å². The van der Waals surface area contributed by atoms with Gasteiger partial charge in [0.15, 0.2) is 11.5 Å². The lowest BCUT2D eigenvalue weighted by atomic mass is 10.0. The molecule has 0 radical (unpaired) electrons. The Morgan fingerprint density at radius 2 is 1.93 bits per heavy atom. The van der Waals surface area contributed by atoms with Crippen LogP contribution < -0.4 is 0 Å². The summed E-state index contributed by atoms with van der Waals surface area (Å²) in [5, 5.41) is 38.1. The number of aliphatic hydroxyl groups is 1. The quantitative estimate of drug-likeness (QED) is 0.391. The van der Waals surface area contributed by atoms with Crippen molar-refractivity contribution in [2.75, 3.05) is 0 Å². The second-order valence-corrected chi connectivity index (χ2v) is 3.22. The molecule has 0 saturated heterocycles. The predicted octanol–water partition coefficient (Wildman–Crippen LogP) is 0.796. The van der Waals surface area contributed by atoms with Gasteiger partial charge in [-0.1, -0.05) is 6.07 Å². The Morgan fingerprint density at radius 1 is 1.33 bits per heavy atom. The third-order valence-corrected chi connectivity index (χ3v) is 2.13. The first-order chi connectivity index (χ1) is 6.93. The first kappa shape index (κ1) is 11.3. The summed E-state index contributed by atoms with van der Waals surface area (Å²) in [6.07, 6.45) is -1.31. The molecule has 0 amide bonds. The van der Waals surface area contributed by atoms with Crippen LogP contribution in [0.5, 0.6) is 11.5 Å². The summed E-state index contributed by atoms with van der Waals surface area (Å²) in [6.45, 7) is 1.26. The van der Waals surface area contributed by atoms with Gasteiger partial charge in [-0.3, -0.25) is 10.1 Å². The van der Waals surface area contributed by atoms with Crippen molar-refractivity contribution in [3.8, 4) is 11.5 Å². The van der Waals surface area contributed by atoms with Crippen molar-refractivity contribution in [2.45, 2.75) is 19.1 Å². The molecule has 6 nitrogen and oxygen atoms in total. The molecule has 1 aromatic rings. The lowest BCUT2D eigenvalue weighted by Crippen LogP contribution is -2.23. The molecule has 15 heavy (non-hydrogen) atoms. The van der Waals surface area contributed by atoms with E-state index in [1.54, 1.807) is 0 Å². The van der Waals surface area contributed by atoms with E-state index < -0.39 is 22.8 Å². The van der Waals surface area contributed by atoms with Gasteiger partial charge in [0.1, 0.15) is 6.10 Å². The number of nitro groups is 1. The maximum Gasteiger partial charge on any atom is 0.239 e. The van der Waals surface area contributed by atoms with E-state index in [1.807, 2.05) is 0 Å². The molecule has 0 saturated carbocycles. The molecule has 0 fully saturated rings. The highest BCUT2D eigenvalue weighted by atomic mass is 16.6. The van der Waals surface area contributed by atoms with E-state index in [0.29, 0.717) is 0 Å². The van der Waals surface area contributed by atoms with Gasteiger partial charge in [-0.25, -0.2) is 0 Å². The Hall–Kier alpha value is -1.82. The maximum absolute atomic E-state index is 10.4. The fourth-order valence-corrected chi connectivity index (χ4v) is 1.12. The van der Waals surface area contributed by atoms with Gasteiger partial charge >= 0.3 is 0 Å². The van der Waals surface area contributed by atoms with Crippen molar-refractivity contribution in [1.29, 1.82) is 0 Å². The first-order valence-electron chi connectivity index (χ1n) is 4.27. The van der Waals surface area contributed by atoms with Crippen LogP contribution in [0.4, 0.5) is 0 Å². The van der Waals surface area contributed by atoms with Gasteiger partial charge in [0.05, 0.1) is 0 Å². The van der Waals surface area contributed by atoms with Crippen molar-refractivity contribution in [3.63, 3.8) is 0 Å². The molecule has 0 bridgehead atoms. The van der Waals surface area contributed by atoms with Crippen LogP contribution in [0.2, 0.25) is 0 Å². The molecule has 0 aliphatic rings. The SMILES string of the molecule is CC(C(O)c1ccc(O)c(O)c1)[N+](=O)[O-]. The van der Waals surface area contributed by atoms with E-state index in [-0.39, 0.29) is 11.3 Å². The number of hydrogen-bond acceptors (Lipinski definition) is 5. The predicted molar refractivity (Wildman–Crippen MR) is 51.2 cm³/mol. The fourth-order valence-electron chi connectivity index (χ4n) is 1.12. The third-order valence-electron chi connectivity index (χ3n) is 2.13. The first-order valence-corrected chi connectivity index (χ1v) is 4.27. The minimum Gasteiger partial charge on any atom is -0.504 e. The number of phenols is 2. The van der Waals surface area contributed by atoms with Crippen molar-refractivity contribution in [2.24, 2.45) is 0 Å². The molecule has 2 atom stereocenters. The van der Waals surface area contributed by atoms with Crippen molar-refractivity contribution < 1.29 is 20.2 Å². The Labute approximate surface area is 85.6 Å². The van der Waals surface area contributed by atoms with E-state index in [4.69, 9.17) is 10.2 Å². The van der Waals surface area contributed by atoms with Gasteiger partial charge in [0.25, 0.3) is 0 Å². The van der Waals surface area contributed by atoms with E-state index in [0.717, 1.165) is 6.07 Å². The molecule has 6 heteroatoms. The number of nitrogens with zero attached hydrogens (tertiary/aromatic N) is 1. The number of benzene rings is 1. The minimum atomic E-state index is -1.31. The topological polar surface area (TPSA) is 104 Å². The molecule has 1 rings (SSSR count). The molecular weight excluding hydrogens is 202 g/mol. The molecule has 0 heterocycles. The minimum absolute atomic E-state index is 0.189. The third kappa shape index (κ3) is 2.35. The number of hydrogen-bond donors (Lipinski definition) is 3. The average molecular weight is 213 g/mol.